The van der Waals surface area contributed by atoms with E-state index in [-0.39, 0.29) is 5.69 Å². The maximum Gasteiger partial charge on any atom is 0.348 e. The highest BCUT2D eigenvalue weighted by Crippen LogP contribution is 2.29. The van der Waals surface area contributed by atoms with E-state index in [1.165, 1.54) is 12.3 Å². The first-order valence-corrected chi connectivity index (χ1v) is 4.67. The van der Waals surface area contributed by atoms with Gasteiger partial charge in [-0.1, -0.05) is 19.9 Å². The van der Waals surface area contributed by atoms with E-state index in [9.17, 15) is 8.78 Å². The van der Waals surface area contributed by atoms with Gasteiger partial charge >= 0.3 is 6.05 Å². The number of rotatable bonds is 4. The van der Waals surface area contributed by atoms with Crippen molar-refractivity contribution in [2.75, 3.05) is 13.1 Å². The van der Waals surface area contributed by atoms with Gasteiger partial charge in [-0.2, -0.15) is 8.78 Å². The first kappa shape index (κ1) is 11.0. The van der Waals surface area contributed by atoms with Crippen LogP contribution in [-0.4, -0.2) is 23.0 Å². The SMILES string of the molecule is CCN(CC)C(F)(F)c1ccccn1. The van der Waals surface area contributed by atoms with Crippen molar-refractivity contribution in [3.05, 3.63) is 30.1 Å². The lowest BCUT2D eigenvalue weighted by atomic mass is 10.3. The molecule has 0 saturated heterocycles. The third-order valence-corrected chi connectivity index (χ3v) is 2.13. The summed E-state index contributed by atoms with van der Waals surface area (Å²) in [4.78, 5) is 4.75. The average molecular weight is 200 g/mol. The Labute approximate surface area is 82.6 Å². The summed E-state index contributed by atoms with van der Waals surface area (Å²) >= 11 is 0. The molecule has 78 valence electrons. The molecule has 0 aliphatic carbocycles. The molecule has 0 fully saturated rings. The lowest BCUT2D eigenvalue weighted by Gasteiger charge is -2.28. The molecule has 0 aliphatic heterocycles. The topological polar surface area (TPSA) is 16.1 Å². The molecule has 0 radical (unpaired) electrons. The van der Waals surface area contributed by atoms with Gasteiger partial charge in [-0.3, -0.25) is 4.98 Å². The van der Waals surface area contributed by atoms with Crippen LogP contribution in [0, 0.1) is 0 Å². The summed E-state index contributed by atoms with van der Waals surface area (Å²) in [5.74, 6) is 0. The number of alkyl halides is 2. The van der Waals surface area contributed by atoms with Gasteiger partial charge < -0.3 is 0 Å². The molecule has 0 N–H and O–H groups in total. The second kappa shape index (κ2) is 4.46. The molecular formula is C10H14F2N2. The molecule has 4 heteroatoms. The van der Waals surface area contributed by atoms with Crippen LogP contribution < -0.4 is 0 Å². The predicted octanol–water partition coefficient (Wildman–Crippen LogP) is 2.47. The molecule has 0 unspecified atom stereocenters. The van der Waals surface area contributed by atoms with Gasteiger partial charge in [0.25, 0.3) is 0 Å². The summed E-state index contributed by atoms with van der Waals surface area (Å²) in [5.41, 5.74) is -0.191. The highest BCUT2D eigenvalue weighted by molar-refractivity contribution is 5.09. The van der Waals surface area contributed by atoms with E-state index in [0.717, 1.165) is 4.90 Å². The predicted molar refractivity (Wildman–Crippen MR) is 51.1 cm³/mol. The van der Waals surface area contributed by atoms with E-state index in [2.05, 4.69) is 4.98 Å². The van der Waals surface area contributed by atoms with Crippen LogP contribution in [0.1, 0.15) is 19.5 Å². The molecular weight excluding hydrogens is 186 g/mol. The van der Waals surface area contributed by atoms with Crippen LogP contribution in [0.25, 0.3) is 0 Å². The van der Waals surface area contributed by atoms with Crippen LogP contribution in [0.3, 0.4) is 0 Å². The molecule has 1 rings (SSSR count). The smallest absolute Gasteiger partial charge is 0.253 e. The Morgan fingerprint density at radius 2 is 1.93 bits per heavy atom. The summed E-state index contributed by atoms with van der Waals surface area (Å²) in [6.07, 6.45) is 1.38. The molecule has 0 aromatic carbocycles. The van der Waals surface area contributed by atoms with Crippen LogP contribution in [0.15, 0.2) is 24.4 Å². The van der Waals surface area contributed by atoms with Crippen molar-refractivity contribution in [2.45, 2.75) is 19.9 Å². The Morgan fingerprint density at radius 3 is 2.36 bits per heavy atom. The molecule has 0 saturated carbocycles. The summed E-state index contributed by atoms with van der Waals surface area (Å²) in [6.45, 7) is 4.03. The zero-order valence-electron chi connectivity index (χ0n) is 8.37. The highest BCUT2D eigenvalue weighted by atomic mass is 19.3. The molecule has 14 heavy (non-hydrogen) atoms. The van der Waals surface area contributed by atoms with Gasteiger partial charge in [0.2, 0.25) is 0 Å². The van der Waals surface area contributed by atoms with E-state index in [1.54, 1.807) is 26.0 Å². The van der Waals surface area contributed by atoms with Crippen LogP contribution in [0.4, 0.5) is 8.78 Å². The maximum atomic E-state index is 13.7. The molecule has 2 nitrogen and oxygen atoms in total. The van der Waals surface area contributed by atoms with E-state index in [1.807, 2.05) is 0 Å². The van der Waals surface area contributed by atoms with Gasteiger partial charge in [0, 0.05) is 19.3 Å². The number of hydrogen-bond acceptors (Lipinski definition) is 2. The Balaban J connectivity index is 2.94. The van der Waals surface area contributed by atoms with Crippen molar-refractivity contribution < 1.29 is 8.78 Å². The Hall–Kier alpha value is -1.03. The third-order valence-electron chi connectivity index (χ3n) is 2.13. The minimum atomic E-state index is -2.97. The van der Waals surface area contributed by atoms with Crippen LogP contribution >= 0.6 is 0 Å². The highest BCUT2D eigenvalue weighted by Gasteiger charge is 2.38. The average Bonchev–Trinajstić information content (AvgIpc) is 2.20. The van der Waals surface area contributed by atoms with Gasteiger partial charge in [0.15, 0.2) is 0 Å². The Bertz CT molecular complexity index is 271. The van der Waals surface area contributed by atoms with Gasteiger partial charge in [-0.15, -0.1) is 0 Å². The summed E-state index contributed by atoms with van der Waals surface area (Å²) < 4.78 is 27.4. The van der Waals surface area contributed by atoms with Crippen LogP contribution in [0.5, 0.6) is 0 Å². The fourth-order valence-electron chi connectivity index (χ4n) is 1.32. The zero-order valence-corrected chi connectivity index (χ0v) is 8.37. The number of aromatic nitrogens is 1. The Kier molecular flexibility index (Phi) is 3.52. The molecule has 0 amide bonds. The summed E-state index contributed by atoms with van der Waals surface area (Å²) in [7, 11) is 0. The van der Waals surface area contributed by atoms with Crippen LogP contribution in [0.2, 0.25) is 0 Å². The normalized spacial score (nSPS) is 12.1. The third kappa shape index (κ3) is 2.07. The van der Waals surface area contributed by atoms with E-state index >= 15 is 0 Å². The zero-order chi connectivity index (χ0) is 10.6. The molecule has 0 bridgehead atoms. The number of hydrogen-bond donors (Lipinski definition) is 0. The number of pyridine rings is 1. The maximum absolute atomic E-state index is 13.7. The van der Waals surface area contributed by atoms with Gasteiger partial charge in [0.1, 0.15) is 5.69 Å². The number of nitrogens with zero attached hydrogens (tertiary/aromatic N) is 2. The minimum absolute atomic E-state index is 0.191. The van der Waals surface area contributed by atoms with Crippen molar-refractivity contribution in [1.82, 2.24) is 9.88 Å². The molecule has 1 aromatic rings. The summed E-state index contributed by atoms with van der Waals surface area (Å²) in [6, 6.07) is 1.57. The van der Waals surface area contributed by atoms with Gasteiger partial charge in [-0.25, -0.2) is 4.90 Å². The minimum Gasteiger partial charge on any atom is -0.253 e. The second-order valence-corrected chi connectivity index (χ2v) is 2.93. The first-order chi connectivity index (χ1) is 6.62. The fourth-order valence-corrected chi connectivity index (χ4v) is 1.32. The standard InChI is InChI=1S/C10H14F2N2/c1-3-14(4-2)10(11,12)9-7-5-6-8-13-9/h5-8H,3-4H2,1-2H3. The monoisotopic (exact) mass is 200 g/mol. The largest absolute Gasteiger partial charge is 0.348 e. The van der Waals surface area contributed by atoms with Crippen molar-refractivity contribution in [1.29, 1.82) is 0 Å². The second-order valence-electron chi connectivity index (χ2n) is 2.93. The van der Waals surface area contributed by atoms with E-state index < -0.39 is 6.05 Å². The van der Waals surface area contributed by atoms with E-state index in [0.29, 0.717) is 13.1 Å². The molecule has 0 aliphatic rings. The quantitative estimate of drug-likeness (QED) is 0.694. The van der Waals surface area contributed by atoms with Crippen molar-refractivity contribution in [2.24, 2.45) is 0 Å². The molecule has 0 atom stereocenters. The van der Waals surface area contributed by atoms with Crippen molar-refractivity contribution >= 4 is 0 Å². The van der Waals surface area contributed by atoms with Crippen molar-refractivity contribution in [3.63, 3.8) is 0 Å². The van der Waals surface area contributed by atoms with Crippen molar-refractivity contribution in [3.8, 4) is 0 Å². The van der Waals surface area contributed by atoms with Gasteiger partial charge in [0.05, 0.1) is 0 Å². The molecule has 1 aromatic heterocycles. The Morgan fingerprint density at radius 1 is 1.29 bits per heavy atom. The first-order valence-electron chi connectivity index (χ1n) is 4.67. The van der Waals surface area contributed by atoms with E-state index in [4.69, 9.17) is 0 Å². The molecule has 1 heterocycles. The molecule has 0 spiro atoms. The lowest BCUT2D eigenvalue weighted by molar-refractivity contribution is -0.154. The summed E-state index contributed by atoms with van der Waals surface area (Å²) in [5, 5.41) is 0. The van der Waals surface area contributed by atoms with Gasteiger partial charge in [-0.05, 0) is 12.1 Å². The van der Waals surface area contributed by atoms with Crippen LogP contribution in [-0.2, 0) is 6.05 Å². The number of halogens is 2. The fraction of sp³-hybridized carbons (Fsp3) is 0.500. The lowest BCUT2D eigenvalue weighted by Crippen LogP contribution is -2.39.